The summed E-state index contributed by atoms with van der Waals surface area (Å²) in [5.74, 6) is -0.532. The third-order valence-electron chi connectivity index (χ3n) is 4.69. The number of hydrogen-bond donors (Lipinski definition) is 1. The minimum absolute atomic E-state index is 0.282. The molecule has 28 heavy (non-hydrogen) atoms. The number of anilines is 1. The fourth-order valence-electron chi connectivity index (χ4n) is 3.32. The van der Waals surface area contributed by atoms with Gasteiger partial charge in [-0.3, -0.25) is 4.79 Å². The summed E-state index contributed by atoms with van der Waals surface area (Å²) in [7, 11) is 0. The predicted molar refractivity (Wildman–Crippen MR) is 108 cm³/mol. The van der Waals surface area contributed by atoms with Crippen molar-refractivity contribution < 1.29 is 14.7 Å². The number of rotatable bonds is 4. The molecular weight excluding hydrogens is 376 g/mol. The molecule has 3 heterocycles. The van der Waals surface area contributed by atoms with Crippen LogP contribution >= 0.6 is 11.3 Å². The Morgan fingerprint density at radius 1 is 1.04 bits per heavy atom. The topological polar surface area (TPSA) is 86.6 Å². The molecule has 7 nitrogen and oxygen atoms in total. The van der Waals surface area contributed by atoms with Crippen molar-refractivity contribution in [3.05, 3.63) is 54.2 Å². The zero-order valence-electron chi connectivity index (χ0n) is 15.0. The molecule has 1 saturated heterocycles. The molecule has 0 unspecified atom stereocenters. The Morgan fingerprint density at radius 3 is 2.50 bits per heavy atom. The molecule has 1 aliphatic rings. The maximum absolute atomic E-state index is 12.1. The van der Waals surface area contributed by atoms with Crippen LogP contribution in [0.15, 0.2) is 54.2 Å². The van der Waals surface area contributed by atoms with Crippen molar-refractivity contribution in [2.75, 3.05) is 31.1 Å². The Morgan fingerprint density at radius 2 is 1.79 bits per heavy atom. The first-order valence-corrected chi connectivity index (χ1v) is 9.74. The van der Waals surface area contributed by atoms with Crippen LogP contribution in [0.2, 0.25) is 0 Å². The fraction of sp³-hybridized carbons (Fsp3) is 0.200. The fourth-order valence-corrected chi connectivity index (χ4v) is 4.23. The molecule has 0 bridgehead atoms. The maximum atomic E-state index is 12.1. The van der Waals surface area contributed by atoms with Gasteiger partial charge in [-0.25, -0.2) is 14.8 Å². The lowest BCUT2D eigenvalue weighted by atomic mass is 10.1. The van der Waals surface area contributed by atoms with Crippen molar-refractivity contribution >= 4 is 39.2 Å². The van der Waals surface area contributed by atoms with Gasteiger partial charge in [-0.15, -0.1) is 11.3 Å². The number of nitrogens with zero attached hydrogens (tertiary/aromatic N) is 4. The summed E-state index contributed by atoms with van der Waals surface area (Å²) in [6, 6.07) is 10.2. The van der Waals surface area contributed by atoms with E-state index in [1.165, 1.54) is 0 Å². The van der Waals surface area contributed by atoms with Crippen LogP contribution in [0, 0.1) is 0 Å². The number of benzene rings is 1. The molecular formula is C20H18N4O3S. The van der Waals surface area contributed by atoms with E-state index in [1.54, 1.807) is 22.6 Å². The molecule has 1 aliphatic heterocycles. The van der Waals surface area contributed by atoms with Gasteiger partial charge in [0.25, 0.3) is 0 Å². The van der Waals surface area contributed by atoms with Crippen LogP contribution in [-0.4, -0.2) is 58.0 Å². The Labute approximate surface area is 165 Å². The molecule has 1 aromatic carbocycles. The van der Waals surface area contributed by atoms with Gasteiger partial charge in [-0.2, -0.15) is 0 Å². The van der Waals surface area contributed by atoms with Crippen LogP contribution in [0.3, 0.4) is 0 Å². The molecule has 3 aromatic rings. The van der Waals surface area contributed by atoms with Crippen LogP contribution in [0.25, 0.3) is 21.3 Å². The molecule has 142 valence electrons. The second-order valence-electron chi connectivity index (χ2n) is 6.38. The molecule has 0 aliphatic carbocycles. The van der Waals surface area contributed by atoms with Gasteiger partial charge in [0.15, 0.2) is 0 Å². The van der Waals surface area contributed by atoms with E-state index >= 15 is 0 Å². The number of aliphatic carboxylic acids is 1. The third kappa shape index (κ3) is 3.59. The molecule has 0 saturated carbocycles. The largest absolute Gasteiger partial charge is 0.478 e. The van der Waals surface area contributed by atoms with Crippen molar-refractivity contribution in [3.8, 4) is 11.1 Å². The van der Waals surface area contributed by atoms with Crippen molar-refractivity contribution in [1.29, 1.82) is 0 Å². The van der Waals surface area contributed by atoms with Gasteiger partial charge in [0.2, 0.25) is 5.91 Å². The number of carbonyl (C=O) groups excluding carboxylic acids is 1. The highest BCUT2D eigenvalue weighted by molar-refractivity contribution is 7.17. The minimum atomic E-state index is -1.12. The number of thiophene rings is 1. The SMILES string of the molecule is O=C(O)/C=C/C(=O)N1CCN(c2ncnc3scc(-c4ccccc4)c23)CC1. The first-order valence-electron chi connectivity index (χ1n) is 8.86. The number of aromatic nitrogens is 2. The van der Waals surface area contributed by atoms with Gasteiger partial charge in [-0.1, -0.05) is 30.3 Å². The van der Waals surface area contributed by atoms with E-state index in [1.807, 2.05) is 18.2 Å². The summed E-state index contributed by atoms with van der Waals surface area (Å²) < 4.78 is 0. The van der Waals surface area contributed by atoms with Crippen molar-refractivity contribution in [2.24, 2.45) is 0 Å². The first-order chi connectivity index (χ1) is 13.6. The third-order valence-corrected chi connectivity index (χ3v) is 5.58. The standard InChI is InChI=1S/C20H18N4O3S/c25-16(6-7-17(26)27)23-8-10-24(11-9-23)19-18-15(14-4-2-1-3-5-14)12-28-20(18)22-13-21-19/h1-7,12-13H,8-11H2,(H,26,27)/b7-6+. The number of piperazine rings is 1. The predicted octanol–water partition coefficient (Wildman–Crippen LogP) is 2.65. The second-order valence-corrected chi connectivity index (χ2v) is 7.23. The van der Waals surface area contributed by atoms with Gasteiger partial charge in [0.05, 0.1) is 5.39 Å². The molecule has 8 heteroatoms. The van der Waals surface area contributed by atoms with Crippen molar-refractivity contribution in [3.63, 3.8) is 0 Å². The number of fused-ring (bicyclic) bond motifs is 1. The Hall–Kier alpha value is -3.26. The van der Waals surface area contributed by atoms with E-state index in [2.05, 4.69) is 32.4 Å². The van der Waals surface area contributed by atoms with E-state index in [0.717, 1.165) is 39.3 Å². The highest BCUT2D eigenvalue weighted by Crippen LogP contribution is 2.37. The minimum Gasteiger partial charge on any atom is -0.478 e. The molecule has 0 radical (unpaired) electrons. The van der Waals surface area contributed by atoms with Gasteiger partial charge >= 0.3 is 5.97 Å². The summed E-state index contributed by atoms with van der Waals surface area (Å²) in [6.07, 6.45) is 3.56. The Kier molecular flexibility index (Phi) is 5.03. The van der Waals surface area contributed by atoms with E-state index in [4.69, 9.17) is 5.11 Å². The lowest BCUT2D eigenvalue weighted by Gasteiger charge is -2.35. The summed E-state index contributed by atoms with van der Waals surface area (Å²) in [4.78, 5) is 36.4. The quantitative estimate of drug-likeness (QED) is 0.685. The molecule has 1 amide bonds. The van der Waals surface area contributed by atoms with Gasteiger partial charge < -0.3 is 14.9 Å². The highest BCUT2D eigenvalue weighted by atomic mass is 32.1. The smallest absolute Gasteiger partial charge is 0.328 e. The maximum Gasteiger partial charge on any atom is 0.328 e. The number of carboxylic acid groups (broad SMARTS) is 1. The van der Waals surface area contributed by atoms with Crippen LogP contribution in [0.4, 0.5) is 5.82 Å². The Balaban J connectivity index is 1.58. The number of amides is 1. The lowest BCUT2D eigenvalue weighted by Crippen LogP contribution is -2.48. The zero-order valence-corrected chi connectivity index (χ0v) is 15.8. The summed E-state index contributed by atoms with van der Waals surface area (Å²) in [6.45, 7) is 2.28. The number of carboxylic acids is 1. The highest BCUT2D eigenvalue weighted by Gasteiger charge is 2.24. The average molecular weight is 394 g/mol. The number of carbonyl (C=O) groups is 2. The van der Waals surface area contributed by atoms with E-state index in [0.29, 0.717) is 26.2 Å². The van der Waals surface area contributed by atoms with Gasteiger partial charge in [0.1, 0.15) is 17.0 Å². The molecule has 2 aromatic heterocycles. The van der Waals surface area contributed by atoms with Crippen molar-refractivity contribution in [2.45, 2.75) is 0 Å². The molecule has 1 N–H and O–H groups in total. The first kappa shape index (κ1) is 18.1. The van der Waals surface area contributed by atoms with E-state index in [9.17, 15) is 9.59 Å². The van der Waals surface area contributed by atoms with Crippen LogP contribution in [-0.2, 0) is 9.59 Å². The molecule has 0 atom stereocenters. The normalized spacial score (nSPS) is 14.7. The second kappa shape index (κ2) is 7.77. The lowest BCUT2D eigenvalue weighted by molar-refractivity contribution is -0.132. The summed E-state index contributed by atoms with van der Waals surface area (Å²) in [5, 5.41) is 11.8. The number of hydrogen-bond acceptors (Lipinski definition) is 6. The molecule has 4 rings (SSSR count). The Bertz CT molecular complexity index is 1040. The van der Waals surface area contributed by atoms with Crippen molar-refractivity contribution in [1.82, 2.24) is 14.9 Å². The molecule has 1 fully saturated rings. The summed E-state index contributed by atoms with van der Waals surface area (Å²) >= 11 is 1.59. The zero-order chi connectivity index (χ0) is 19.5. The average Bonchev–Trinajstić information content (AvgIpc) is 3.17. The summed E-state index contributed by atoms with van der Waals surface area (Å²) in [5.41, 5.74) is 2.23. The monoisotopic (exact) mass is 394 g/mol. The van der Waals surface area contributed by atoms with Gasteiger partial charge in [-0.05, 0) is 5.56 Å². The van der Waals surface area contributed by atoms with Crippen LogP contribution in [0.5, 0.6) is 0 Å². The molecule has 0 spiro atoms. The van der Waals surface area contributed by atoms with E-state index < -0.39 is 5.97 Å². The van der Waals surface area contributed by atoms with Crippen LogP contribution in [0.1, 0.15) is 0 Å². The van der Waals surface area contributed by atoms with Crippen LogP contribution < -0.4 is 4.90 Å². The van der Waals surface area contributed by atoms with E-state index in [-0.39, 0.29) is 5.91 Å². The van der Waals surface area contributed by atoms with Gasteiger partial charge in [0, 0.05) is 49.3 Å².